The van der Waals surface area contributed by atoms with Gasteiger partial charge >= 0.3 is 0 Å². The zero-order valence-corrected chi connectivity index (χ0v) is 14.3. The normalized spacial score (nSPS) is 10.5. The SMILES string of the molecule is CCOc1cc(CN)cc(-c2ccc(OCc3ccccc3)nc2)c1. The molecule has 0 saturated heterocycles. The van der Waals surface area contributed by atoms with Crippen LogP contribution in [-0.2, 0) is 13.2 Å². The minimum Gasteiger partial charge on any atom is -0.494 e. The lowest BCUT2D eigenvalue weighted by Gasteiger charge is -2.10. The Morgan fingerprint density at radius 3 is 2.40 bits per heavy atom. The van der Waals surface area contributed by atoms with Crippen LogP contribution in [0.4, 0.5) is 0 Å². The van der Waals surface area contributed by atoms with Crippen LogP contribution in [0, 0.1) is 0 Å². The Balaban J connectivity index is 1.74. The number of benzene rings is 2. The van der Waals surface area contributed by atoms with E-state index in [1.807, 2.05) is 67.7 Å². The first-order valence-corrected chi connectivity index (χ1v) is 8.38. The minimum absolute atomic E-state index is 0.472. The van der Waals surface area contributed by atoms with E-state index >= 15 is 0 Å². The molecule has 2 aromatic carbocycles. The molecule has 0 fully saturated rings. The van der Waals surface area contributed by atoms with Crippen LogP contribution in [0.25, 0.3) is 11.1 Å². The summed E-state index contributed by atoms with van der Waals surface area (Å²) in [4.78, 5) is 4.41. The molecule has 0 saturated carbocycles. The van der Waals surface area contributed by atoms with Crippen molar-refractivity contribution in [3.8, 4) is 22.8 Å². The van der Waals surface area contributed by atoms with Crippen LogP contribution >= 0.6 is 0 Å². The molecule has 0 aliphatic carbocycles. The van der Waals surface area contributed by atoms with Crippen molar-refractivity contribution in [2.24, 2.45) is 5.73 Å². The van der Waals surface area contributed by atoms with Crippen LogP contribution < -0.4 is 15.2 Å². The maximum atomic E-state index is 5.79. The highest BCUT2D eigenvalue weighted by molar-refractivity contribution is 5.65. The summed E-state index contributed by atoms with van der Waals surface area (Å²) in [5.41, 5.74) is 9.98. The third-order valence-electron chi connectivity index (χ3n) is 3.81. The zero-order chi connectivity index (χ0) is 17.5. The molecule has 1 heterocycles. The molecule has 0 bridgehead atoms. The number of aromatic nitrogens is 1. The number of nitrogens with zero attached hydrogens (tertiary/aromatic N) is 1. The van der Waals surface area contributed by atoms with Crippen LogP contribution in [0.2, 0.25) is 0 Å². The van der Waals surface area contributed by atoms with Crippen molar-refractivity contribution >= 4 is 0 Å². The zero-order valence-electron chi connectivity index (χ0n) is 14.3. The summed E-state index contributed by atoms with van der Waals surface area (Å²) in [5.74, 6) is 1.43. The standard InChI is InChI=1S/C21H22N2O2/c1-2-24-20-11-17(13-22)10-19(12-20)18-8-9-21(23-14-18)25-15-16-6-4-3-5-7-16/h3-12,14H,2,13,15,22H2,1H3. The Labute approximate surface area is 148 Å². The molecular formula is C21H22N2O2. The van der Waals surface area contributed by atoms with Gasteiger partial charge in [-0.05, 0) is 47.9 Å². The highest BCUT2D eigenvalue weighted by Gasteiger charge is 2.05. The third-order valence-corrected chi connectivity index (χ3v) is 3.81. The average molecular weight is 334 g/mol. The van der Waals surface area contributed by atoms with Gasteiger partial charge in [0.1, 0.15) is 12.4 Å². The molecule has 0 amide bonds. The second kappa shape index (κ2) is 8.31. The Morgan fingerprint density at radius 1 is 0.880 bits per heavy atom. The van der Waals surface area contributed by atoms with Gasteiger partial charge in [0.05, 0.1) is 6.61 Å². The third kappa shape index (κ3) is 4.58. The Hall–Kier alpha value is -2.85. The molecular weight excluding hydrogens is 312 g/mol. The largest absolute Gasteiger partial charge is 0.494 e. The average Bonchev–Trinajstić information content (AvgIpc) is 2.67. The maximum Gasteiger partial charge on any atom is 0.213 e. The smallest absolute Gasteiger partial charge is 0.213 e. The molecule has 4 heteroatoms. The Morgan fingerprint density at radius 2 is 1.72 bits per heavy atom. The van der Waals surface area contributed by atoms with Crippen molar-refractivity contribution in [2.75, 3.05) is 6.61 Å². The molecule has 3 rings (SSSR count). The molecule has 2 N–H and O–H groups in total. The molecule has 0 radical (unpaired) electrons. The van der Waals surface area contributed by atoms with Crippen LogP contribution in [0.3, 0.4) is 0 Å². The van der Waals surface area contributed by atoms with Gasteiger partial charge < -0.3 is 15.2 Å². The minimum atomic E-state index is 0.472. The summed E-state index contributed by atoms with van der Waals surface area (Å²) in [6, 6.07) is 20.0. The van der Waals surface area contributed by atoms with E-state index in [0.29, 0.717) is 25.6 Å². The fourth-order valence-corrected chi connectivity index (χ4v) is 2.56. The molecule has 3 aromatic rings. The molecule has 0 aliphatic heterocycles. The van der Waals surface area contributed by atoms with Crippen LogP contribution in [0.15, 0.2) is 66.9 Å². The summed E-state index contributed by atoms with van der Waals surface area (Å²) in [5, 5.41) is 0. The van der Waals surface area contributed by atoms with Gasteiger partial charge in [0.15, 0.2) is 0 Å². The first-order chi connectivity index (χ1) is 12.3. The number of pyridine rings is 1. The van der Waals surface area contributed by atoms with Crippen molar-refractivity contribution in [1.82, 2.24) is 4.98 Å². The van der Waals surface area contributed by atoms with Gasteiger partial charge in [0.2, 0.25) is 5.88 Å². The predicted octanol–water partition coefficient (Wildman–Crippen LogP) is 4.19. The summed E-state index contributed by atoms with van der Waals surface area (Å²) in [7, 11) is 0. The van der Waals surface area contributed by atoms with Gasteiger partial charge in [-0.15, -0.1) is 0 Å². The summed E-state index contributed by atoms with van der Waals surface area (Å²) >= 11 is 0. The van der Waals surface area contributed by atoms with E-state index in [1.165, 1.54) is 0 Å². The lowest BCUT2D eigenvalue weighted by molar-refractivity contribution is 0.294. The van der Waals surface area contributed by atoms with Crippen molar-refractivity contribution < 1.29 is 9.47 Å². The number of nitrogens with two attached hydrogens (primary N) is 1. The van der Waals surface area contributed by atoms with Crippen molar-refractivity contribution in [2.45, 2.75) is 20.1 Å². The number of hydrogen-bond donors (Lipinski definition) is 1. The van der Waals surface area contributed by atoms with Gasteiger partial charge in [0.25, 0.3) is 0 Å². The topological polar surface area (TPSA) is 57.4 Å². The van der Waals surface area contributed by atoms with Gasteiger partial charge in [-0.1, -0.05) is 30.3 Å². The van der Waals surface area contributed by atoms with E-state index in [4.69, 9.17) is 15.2 Å². The highest BCUT2D eigenvalue weighted by atomic mass is 16.5. The van der Waals surface area contributed by atoms with Gasteiger partial charge in [-0.25, -0.2) is 4.98 Å². The fourth-order valence-electron chi connectivity index (χ4n) is 2.56. The molecule has 1 aromatic heterocycles. The second-order valence-corrected chi connectivity index (χ2v) is 5.66. The van der Waals surface area contributed by atoms with Crippen LogP contribution in [0.5, 0.6) is 11.6 Å². The van der Waals surface area contributed by atoms with Gasteiger partial charge in [-0.2, -0.15) is 0 Å². The van der Waals surface area contributed by atoms with Crippen LogP contribution in [-0.4, -0.2) is 11.6 Å². The van der Waals surface area contributed by atoms with Crippen molar-refractivity contribution in [3.63, 3.8) is 0 Å². The summed E-state index contributed by atoms with van der Waals surface area (Å²) in [6.45, 7) is 3.57. The van der Waals surface area contributed by atoms with Gasteiger partial charge in [0, 0.05) is 24.4 Å². The summed E-state index contributed by atoms with van der Waals surface area (Å²) in [6.07, 6.45) is 1.81. The number of ether oxygens (including phenoxy) is 2. The molecule has 25 heavy (non-hydrogen) atoms. The molecule has 4 nitrogen and oxygen atoms in total. The monoisotopic (exact) mass is 334 g/mol. The van der Waals surface area contributed by atoms with E-state index in [-0.39, 0.29) is 0 Å². The first kappa shape index (κ1) is 17.0. The summed E-state index contributed by atoms with van der Waals surface area (Å²) < 4.78 is 11.4. The van der Waals surface area contributed by atoms with Crippen LogP contribution in [0.1, 0.15) is 18.1 Å². The highest BCUT2D eigenvalue weighted by Crippen LogP contribution is 2.27. The van der Waals surface area contributed by atoms with E-state index < -0.39 is 0 Å². The van der Waals surface area contributed by atoms with E-state index in [0.717, 1.165) is 28.0 Å². The van der Waals surface area contributed by atoms with Crippen molar-refractivity contribution in [3.05, 3.63) is 78.0 Å². The Bertz CT molecular complexity index is 802. The van der Waals surface area contributed by atoms with Gasteiger partial charge in [-0.3, -0.25) is 0 Å². The van der Waals surface area contributed by atoms with Crippen molar-refractivity contribution in [1.29, 1.82) is 0 Å². The molecule has 0 aliphatic rings. The predicted molar refractivity (Wildman–Crippen MR) is 99.5 cm³/mol. The maximum absolute atomic E-state index is 5.79. The Kier molecular flexibility index (Phi) is 5.65. The second-order valence-electron chi connectivity index (χ2n) is 5.66. The van der Waals surface area contributed by atoms with E-state index in [9.17, 15) is 0 Å². The van der Waals surface area contributed by atoms with E-state index in [1.54, 1.807) is 0 Å². The lowest BCUT2D eigenvalue weighted by Crippen LogP contribution is -1.99. The molecule has 0 unspecified atom stereocenters. The fraction of sp³-hybridized carbons (Fsp3) is 0.190. The lowest BCUT2D eigenvalue weighted by atomic mass is 10.0. The first-order valence-electron chi connectivity index (χ1n) is 8.38. The quantitative estimate of drug-likeness (QED) is 0.704. The number of rotatable bonds is 7. The molecule has 128 valence electrons. The molecule has 0 atom stereocenters. The number of hydrogen-bond acceptors (Lipinski definition) is 4. The van der Waals surface area contributed by atoms with E-state index in [2.05, 4.69) is 11.1 Å². The molecule has 0 spiro atoms.